The zero-order chi connectivity index (χ0) is 20.6. The number of alkyl halides is 3. The fraction of sp³-hybridized carbons (Fsp3) is 0.625. The third-order valence-electron chi connectivity index (χ3n) is 3.46. The van der Waals surface area contributed by atoms with E-state index in [0.717, 1.165) is 0 Å². The van der Waals surface area contributed by atoms with Crippen molar-refractivity contribution in [2.75, 3.05) is 19.8 Å². The number of benzene rings is 1. The van der Waals surface area contributed by atoms with E-state index in [4.69, 9.17) is 18.0 Å². The summed E-state index contributed by atoms with van der Waals surface area (Å²) in [4.78, 5) is 0. The van der Waals surface area contributed by atoms with E-state index in [0.29, 0.717) is 0 Å². The van der Waals surface area contributed by atoms with E-state index in [2.05, 4.69) is 0 Å². The summed E-state index contributed by atoms with van der Waals surface area (Å²) in [6.45, 7) is 5.77. The highest BCUT2D eigenvalue weighted by Gasteiger charge is 2.53. The van der Waals surface area contributed by atoms with Crippen molar-refractivity contribution in [1.29, 1.82) is 0 Å². The summed E-state index contributed by atoms with van der Waals surface area (Å²) < 4.78 is 85.2. The van der Waals surface area contributed by atoms with Gasteiger partial charge in [0.05, 0.1) is 0 Å². The first-order valence-electron chi connectivity index (χ1n) is 8.55. The van der Waals surface area contributed by atoms with Crippen LogP contribution in [0.25, 0.3) is 0 Å². The predicted molar refractivity (Wildman–Crippen MR) is 95.9 cm³/mol. The van der Waals surface area contributed by atoms with Gasteiger partial charge in [0.2, 0.25) is 5.44 Å². The smallest absolute Gasteiger partial charge is 0.474 e. The second-order valence-corrected chi connectivity index (χ2v) is 10.2. The lowest BCUT2D eigenvalue weighted by molar-refractivity contribution is -0.0471. The molecule has 1 aromatic carbocycles. The van der Waals surface area contributed by atoms with Crippen LogP contribution in [0.15, 0.2) is 30.3 Å². The maximum absolute atomic E-state index is 13.1. The fourth-order valence-electron chi connectivity index (χ4n) is 2.37. The number of sulfone groups is 1. The SMILES string of the molecule is CCO[Si](CCC(Oc1ccccc1)S(=O)(=O)C(F)(F)F)(OCC)OCC. The van der Waals surface area contributed by atoms with Crippen LogP contribution in [-0.2, 0) is 23.1 Å². The molecule has 0 N–H and O–H groups in total. The zero-order valence-electron chi connectivity index (χ0n) is 15.5. The van der Waals surface area contributed by atoms with Crippen molar-refractivity contribution in [2.45, 2.75) is 44.2 Å². The summed E-state index contributed by atoms with van der Waals surface area (Å²) in [6.07, 6.45) is -0.483. The Morgan fingerprint density at radius 3 is 1.85 bits per heavy atom. The summed E-state index contributed by atoms with van der Waals surface area (Å²) in [5, 5.41) is 0. The van der Waals surface area contributed by atoms with E-state index >= 15 is 0 Å². The molecule has 0 heterocycles. The molecule has 1 atom stereocenters. The third kappa shape index (κ3) is 6.75. The van der Waals surface area contributed by atoms with Crippen molar-refractivity contribution in [2.24, 2.45) is 0 Å². The summed E-state index contributed by atoms with van der Waals surface area (Å²) >= 11 is 0. The Morgan fingerprint density at radius 2 is 1.44 bits per heavy atom. The molecule has 0 saturated carbocycles. The number of ether oxygens (including phenoxy) is 1. The third-order valence-corrected chi connectivity index (χ3v) is 8.21. The largest absolute Gasteiger partial charge is 0.501 e. The lowest BCUT2D eigenvalue weighted by Crippen LogP contribution is -2.48. The first-order chi connectivity index (χ1) is 12.6. The Kier molecular flexibility index (Phi) is 9.22. The molecule has 0 aliphatic carbocycles. The second-order valence-electron chi connectivity index (χ2n) is 5.37. The molecule has 0 amide bonds. The van der Waals surface area contributed by atoms with Gasteiger partial charge in [-0.2, -0.15) is 13.2 Å². The summed E-state index contributed by atoms with van der Waals surface area (Å²) in [6, 6.07) is 7.35. The molecule has 0 aromatic heterocycles. The molecule has 11 heteroatoms. The van der Waals surface area contributed by atoms with Gasteiger partial charge < -0.3 is 18.0 Å². The average Bonchev–Trinajstić information content (AvgIpc) is 2.59. The zero-order valence-corrected chi connectivity index (χ0v) is 17.3. The monoisotopic (exact) mass is 430 g/mol. The Balaban J connectivity index is 3.11. The number of rotatable bonds is 12. The van der Waals surface area contributed by atoms with Crippen LogP contribution in [0, 0.1) is 0 Å². The molecule has 0 fully saturated rings. The van der Waals surface area contributed by atoms with E-state index in [1.54, 1.807) is 26.8 Å². The molecule has 0 aliphatic rings. The predicted octanol–water partition coefficient (Wildman–Crippen LogP) is 3.76. The molecule has 0 spiro atoms. The first-order valence-corrected chi connectivity index (χ1v) is 12.0. The van der Waals surface area contributed by atoms with Gasteiger partial charge in [0, 0.05) is 32.3 Å². The van der Waals surface area contributed by atoms with E-state index < -0.39 is 36.0 Å². The minimum atomic E-state index is -5.57. The molecule has 0 saturated heterocycles. The van der Waals surface area contributed by atoms with Crippen molar-refractivity contribution in [3.63, 3.8) is 0 Å². The molecule has 156 valence electrons. The van der Waals surface area contributed by atoms with E-state index in [1.807, 2.05) is 0 Å². The highest BCUT2D eigenvalue weighted by Crippen LogP contribution is 2.32. The van der Waals surface area contributed by atoms with Gasteiger partial charge in [0.1, 0.15) is 5.75 Å². The quantitative estimate of drug-likeness (QED) is 0.470. The summed E-state index contributed by atoms with van der Waals surface area (Å²) in [7, 11) is -8.90. The van der Waals surface area contributed by atoms with Gasteiger partial charge in [-0.25, -0.2) is 8.42 Å². The van der Waals surface area contributed by atoms with Gasteiger partial charge in [0.15, 0.2) is 0 Å². The molecule has 1 aromatic rings. The number of para-hydroxylation sites is 1. The molecule has 0 radical (unpaired) electrons. The molecule has 1 unspecified atom stereocenters. The first kappa shape index (κ1) is 23.9. The lowest BCUT2D eigenvalue weighted by Gasteiger charge is -2.30. The second kappa shape index (κ2) is 10.4. The number of hydrogen-bond acceptors (Lipinski definition) is 6. The van der Waals surface area contributed by atoms with Gasteiger partial charge in [-0.05, 0) is 32.9 Å². The van der Waals surface area contributed by atoms with E-state index in [9.17, 15) is 21.6 Å². The summed E-state index contributed by atoms with van der Waals surface area (Å²) in [5.74, 6) is 0.0202. The Labute approximate surface area is 158 Å². The van der Waals surface area contributed by atoms with Crippen LogP contribution in [0.3, 0.4) is 0 Å². The van der Waals surface area contributed by atoms with Crippen molar-refractivity contribution >= 4 is 18.6 Å². The number of hydrogen-bond donors (Lipinski definition) is 0. The van der Waals surface area contributed by atoms with Crippen LogP contribution in [0.4, 0.5) is 13.2 Å². The molecule has 27 heavy (non-hydrogen) atoms. The molecule has 0 aliphatic heterocycles. The standard InChI is InChI=1S/C16H25F3O6SSi/c1-4-22-27(23-5-2,24-6-3)13-12-15(26(20,21)16(17,18)19)25-14-10-8-7-9-11-14/h7-11,15H,4-6,12-13H2,1-3H3. The minimum absolute atomic E-state index is 0.0202. The van der Waals surface area contributed by atoms with E-state index in [-0.39, 0.29) is 31.6 Å². The maximum atomic E-state index is 13.1. The molecule has 1 rings (SSSR count). The Morgan fingerprint density at radius 1 is 0.963 bits per heavy atom. The topological polar surface area (TPSA) is 71.1 Å². The molecular formula is C16H25F3O6SSi. The average molecular weight is 431 g/mol. The molecule has 0 bridgehead atoms. The fourth-order valence-corrected chi connectivity index (χ4v) is 6.16. The lowest BCUT2D eigenvalue weighted by atomic mass is 10.3. The van der Waals surface area contributed by atoms with Crippen LogP contribution in [0.1, 0.15) is 27.2 Å². The van der Waals surface area contributed by atoms with Gasteiger partial charge in [-0.15, -0.1) is 0 Å². The Bertz CT molecular complexity index is 637. The minimum Gasteiger partial charge on any atom is -0.474 e. The van der Waals surface area contributed by atoms with Crippen molar-refractivity contribution in [1.82, 2.24) is 0 Å². The van der Waals surface area contributed by atoms with Gasteiger partial charge in [-0.3, -0.25) is 0 Å². The summed E-state index contributed by atoms with van der Waals surface area (Å²) in [5.41, 5.74) is -7.58. The van der Waals surface area contributed by atoms with Gasteiger partial charge in [-0.1, -0.05) is 18.2 Å². The maximum Gasteiger partial charge on any atom is 0.501 e. The van der Waals surface area contributed by atoms with Gasteiger partial charge >= 0.3 is 14.3 Å². The van der Waals surface area contributed by atoms with Crippen LogP contribution in [-0.4, -0.2) is 48.0 Å². The van der Waals surface area contributed by atoms with Gasteiger partial charge in [0.25, 0.3) is 9.84 Å². The highest BCUT2D eigenvalue weighted by atomic mass is 32.2. The van der Waals surface area contributed by atoms with Crippen molar-refractivity contribution in [3.05, 3.63) is 30.3 Å². The van der Waals surface area contributed by atoms with Crippen LogP contribution in [0.2, 0.25) is 6.04 Å². The van der Waals surface area contributed by atoms with Crippen LogP contribution in [0.5, 0.6) is 5.75 Å². The molecular weight excluding hydrogens is 405 g/mol. The highest BCUT2D eigenvalue weighted by molar-refractivity contribution is 7.92. The normalized spacial score (nSPS) is 14.1. The van der Waals surface area contributed by atoms with E-state index in [1.165, 1.54) is 24.3 Å². The van der Waals surface area contributed by atoms with Crippen molar-refractivity contribution in [3.8, 4) is 5.75 Å². The van der Waals surface area contributed by atoms with Crippen LogP contribution >= 0.6 is 0 Å². The van der Waals surface area contributed by atoms with Crippen molar-refractivity contribution < 1.29 is 39.6 Å². The Hall–Kier alpha value is -1.14. The van der Waals surface area contributed by atoms with Crippen LogP contribution < -0.4 is 4.74 Å². The number of halogens is 3. The molecule has 6 nitrogen and oxygen atoms in total.